The standard InChI is InChI=1S/C17H28N2O/c1-5-15(14-9-6-7-10-16(14)20)19(4)13-17(18(2)3)11-8-12-17/h6-7,9-10,15,20H,5,8,11-13H2,1-4H3. The molecule has 1 atom stereocenters. The molecule has 0 bridgehead atoms. The zero-order valence-corrected chi connectivity index (χ0v) is 13.3. The summed E-state index contributed by atoms with van der Waals surface area (Å²) in [6.45, 7) is 3.25. The summed E-state index contributed by atoms with van der Waals surface area (Å²) in [7, 11) is 6.56. The second-order valence-corrected chi connectivity index (χ2v) is 6.37. The lowest BCUT2D eigenvalue weighted by Crippen LogP contribution is -2.57. The Morgan fingerprint density at radius 2 is 1.85 bits per heavy atom. The number of phenols is 1. The summed E-state index contributed by atoms with van der Waals surface area (Å²) < 4.78 is 0. The summed E-state index contributed by atoms with van der Waals surface area (Å²) in [5.41, 5.74) is 1.37. The van der Waals surface area contributed by atoms with Gasteiger partial charge in [-0.15, -0.1) is 0 Å². The average molecular weight is 276 g/mol. The first-order valence-electron chi connectivity index (χ1n) is 7.66. The van der Waals surface area contributed by atoms with E-state index in [9.17, 15) is 5.11 Å². The van der Waals surface area contributed by atoms with Gasteiger partial charge in [-0.05, 0) is 52.9 Å². The van der Waals surface area contributed by atoms with E-state index >= 15 is 0 Å². The highest BCUT2D eigenvalue weighted by Gasteiger charge is 2.40. The smallest absolute Gasteiger partial charge is 0.120 e. The maximum atomic E-state index is 10.1. The van der Waals surface area contributed by atoms with Gasteiger partial charge in [-0.3, -0.25) is 4.90 Å². The van der Waals surface area contributed by atoms with E-state index in [1.165, 1.54) is 19.3 Å². The van der Waals surface area contributed by atoms with Crippen LogP contribution in [-0.2, 0) is 0 Å². The number of nitrogens with zero attached hydrogens (tertiary/aromatic N) is 2. The number of para-hydroxylation sites is 1. The van der Waals surface area contributed by atoms with Crippen molar-refractivity contribution in [2.45, 2.75) is 44.2 Å². The minimum absolute atomic E-state index is 0.286. The van der Waals surface area contributed by atoms with Crippen LogP contribution in [-0.4, -0.2) is 48.1 Å². The van der Waals surface area contributed by atoms with Crippen LogP contribution >= 0.6 is 0 Å². The molecule has 0 aromatic heterocycles. The van der Waals surface area contributed by atoms with Crippen LogP contribution in [0.15, 0.2) is 24.3 Å². The molecule has 1 unspecified atom stereocenters. The maximum Gasteiger partial charge on any atom is 0.120 e. The van der Waals surface area contributed by atoms with Gasteiger partial charge >= 0.3 is 0 Å². The Morgan fingerprint density at radius 3 is 2.30 bits per heavy atom. The fourth-order valence-electron chi connectivity index (χ4n) is 3.44. The van der Waals surface area contributed by atoms with Crippen molar-refractivity contribution < 1.29 is 5.11 Å². The average Bonchev–Trinajstić information content (AvgIpc) is 2.36. The largest absolute Gasteiger partial charge is 0.508 e. The van der Waals surface area contributed by atoms with Gasteiger partial charge in [-0.1, -0.05) is 25.1 Å². The molecule has 0 aliphatic heterocycles. The molecule has 1 N–H and O–H groups in total. The van der Waals surface area contributed by atoms with E-state index in [2.05, 4.69) is 37.9 Å². The highest BCUT2D eigenvalue weighted by molar-refractivity contribution is 5.34. The summed E-state index contributed by atoms with van der Waals surface area (Å²) in [6.07, 6.45) is 4.90. The van der Waals surface area contributed by atoms with Crippen molar-refractivity contribution in [3.8, 4) is 5.75 Å². The lowest BCUT2D eigenvalue weighted by Gasteiger charge is -2.50. The van der Waals surface area contributed by atoms with Crippen LogP contribution in [0.25, 0.3) is 0 Å². The number of rotatable bonds is 6. The fourth-order valence-corrected chi connectivity index (χ4v) is 3.44. The summed E-state index contributed by atoms with van der Waals surface area (Å²) in [5, 5.41) is 10.1. The predicted molar refractivity (Wildman–Crippen MR) is 84.0 cm³/mol. The maximum absolute atomic E-state index is 10.1. The van der Waals surface area contributed by atoms with Crippen LogP contribution in [0.5, 0.6) is 5.75 Å². The molecular formula is C17H28N2O. The van der Waals surface area contributed by atoms with Crippen LogP contribution in [0.4, 0.5) is 0 Å². The minimum Gasteiger partial charge on any atom is -0.508 e. The van der Waals surface area contributed by atoms with Crippen molar-refractivity contribution in [1.82, 2.24) is 9.80 Å². The van der Waals surface area contributed by atoms with E-state index < -0.39 is 0 Å². The molecule has 1 aromatic carbocycles. The normalized spacial score (nSPS) is 19.1. The molecule has 1 saturated carbocycles. The second-order valence-electron chi connectivity index (χ2n) is 6.37. The van der Waals surface area contributed by atoms with Gasteiger partial charge in [-0.2, -0.15) is 0 Å². The monoisotopic (exact) mass is 276 g/mol. The first-order valence-corrected chi connectivity index (χ1v) is 7.66. The molecule has 0 amide bonds. The molecule has 3 heteroatoms. The summed E-state index contributed by atoms with van der Waals surface area (Å²) >= 11 is 0. The van der Waals surface area contributed by atoms with Crippen molar-refractivity contribution in [3.05, 3.63) is 29.8 Å². The van der Waals surface area contributed by atoms with E-state index in [1.54, 1.807) is 6.07 Å². The van der Waals surface area contributed by atoms with E-state index in [-0.39, 0.29) is 6.04 Å². The number of phenolic OH excluding ortho intramolecular Hbond substituents is 1. The zero-order chi connectivity index (χ0) is 14.8. The highest BCUT2D eigenvalue weighted by atomic mass is 16.3. The molecule has 1 fully saturated rings. The number of hydrogen-bond acceptors (Lipinski definition) is 3. The molecule has 3 nitrogen and oxygen atoms in total. The Morgan fingerprint density at radius 1 is 1.20 bits per heavy atom. The second kappa shape index (κ2) is 6.15. The first kappa shape index (κ1) is 15.3. The molecular weight excluding hydrogens is 248 g/mol. The number of hydrogen-bond donors (Lipinski definition) is 1. The Hall–Kier alpha value is -1.06. The third-order valence-electron chi connectivity index (χ3n) is 4.99. The predicted octanol–water partition coefficient (Wildman–Crippen LogP) is 3.26. The molecule has 0 saturated heterocycles. The van der Waals surface area contributed by atoms with Crippen LogP contribution < -0.4 is 0 Å². The Balaban J connectivity index is 2.14. The van der Waals surface area contributed by atoms with Crippen molar-refractivity contribution in [2.24, 2.45) is 0 Å². The van der Waals surface area contributed by atoms with Gasteiger partial charge in [-0.25, -0.2) is 0 Å². The third kappa shape index (κ3) is 2.84. The van der Waals surface area contributed by atoms with Gasteiger partial charge in [0.2, 0.25) is 0 Å². The van der Waals surface area contributed by atoms with Crippen LogP contribution in [0.2, 0.25) is 0 Å². The van der Waals surface area contributed by atoms with Gasteiger partial charge < -0.3 is 10.0 Å². The molecule has 2 rings (SSSR count). The van der Waals surface area contributed by atoms with Crippen molar-refractivity contribution in [2.75, 3.05) is 27.7 Å². The van der Waals surface area contributed by atoms with Crippen LogP contribution in [0.1, 0.15) is 44.2 Å². The Bertz CT molecular complexity index is 440. The zero-order valence-electron chi connectivity index (χ0n) is 13.3. The number of likely N-dealkylation sites (N-methyl/N-ethyl adjacent to an activating group) is 2. The van der Waals surface area contributed by atoms with E-state index in [1.807, 2.05) is 18.2 Å². The van der Waals surface area contributed by atoms with Crippen molar-refractivity contribution in [1.29, 1.82) is 0 Å². The minimum atomic E-state index is 0.286. The lowest BCUT2D eigenvalue weighted by atomic mass is 9.75. The van der Waals surface area contributed by atoms with E-state index in [0.29, 0.717) is 11.3 Å². The lowest BCUT2D eigenvalue weighted by molar-refractivity contribution is 0.0149. The molecule has 0 spiro atoms. The molecule has 1 aliphatic rings. The summed E-state index contributed by atoms with van der Waals surface area (Å²) in [4.78, 5) is 4.79. The Kier molecular flexibility index (Phi) is 4.71. The van der Waals surface area contributed by atoms with E-state index in [4.69, 9.17) is 0 Å². The molecule has 20 heavy (non-hydrogen) atoms. The number of aromatic hydroxyl groups is 1. The molecule has 112 valence electrons. The van der Waals surface area contributed by atoms with E-state index in [0.717, 1.165) is 18.5 Å². The Labute approximate surface area is 123 Å². The van der Waals surface area contributed by atoms with Crippen LogP contribution in [0.3, 0.4) is 0 Å². The fraction of sp³-hybridized carbons (Fsp3) is 0.647. The molecule has 0 heterocycles. The topological polar surface area (TPSA) is 26.7 Å². The van der Waals surface area contributed by atoms with Crippen molar-refractivity contribution >= 4 is 0 Å². The quantitative estimate of drug-likeness (QED) is 0.864. The highest BCUT2D eigenvalue weighted by Crippen LogP contribution is 2.39. The third-order valence-corrected chi connectivity index (χ3v) is 4.99. The SMILES string of the molecule is CCC(c1ccccc1O)N(C)CC1(N(C)C)CCC1. The summed E-state index contributed by atoms with van der Waals surface area (Å²) in [6, 6.07) is 8.02. The van der Waals surface area contributed by atoms with Gasteiger partial charge in [0.1, 0.15) is 5.75 Å². The van der Waals surface area contributed by atoms with Gasteiger partial charge in [0.05, 0.1) is 0 Å². The molecule has 1 aromatic rings. The van der Waals surface area contributed by atoms with Gasteiger partial charge in [0.25, 0.3) is 0 Å². The van der Waals surface area contributed by atoms with Gasteiger partial charge in [0, 0.05) is 23.7 Å². The molecule has 0 radical (unpaired) electrons. The van der Waals surface area contributed by atoms with Gasteiger partial charge in [0.15, 0.2) is 0 Å². The number of benzene rings is 1. The first-order chi connectivity index (χ1) is 9.50. The van der Waals surface area contributed by atoms with Crippen molar-refractivity contribution in [3.63, 3.8) is 0 Å². The molecule has 1 aliphatic carbocycles. The summed E-state index contributed by atoms with van der Waals surface area (Å²) in [5.74, 6) is 0.415. The van der Waals surface area contributed by atoms with Crippen LogP contribution in [0, 0.1) is 0 Å².